The number of aryl methyl sites for hydroxylation is 1. The number of para-hydroxylation sites is 3. The van der Waals surface area contributed by atoms with E-state index in [0.717, 1.165) is 46.4 Å². The summed E-state index contributed by atoms with van der Waals surface area (Å²) in [5, 5.41) is 0. The minimum absolute atomic E-state index is 0.350. The van der Waals surface area contributed by atoms with Crippen molar-refractivity contribution in [1.82, 2.24) is 9.55 Å². The van der Waals surface area contributed by atoms with Crippen molar-refractivity contribution < 1.29 is 4.11 Å². The maximum absolute atomic E-state index is 7.70. The molecular formula is C34H36N2. The molecule has 0 aliphatic heterocycles. The maximum Gasteiger partial charge on any atom is 0.145 e. The van der Waals surface area contributed by atoms with E-state index in [1.807, 2.05) is 18.2 Å². The second-order valence-corrected chi connectivity index (χ2v) is 9.82. The molecule has 0 spiro atoms. The van der Waals surface area contributed by atoms with Gasteiger partial charge in [-0.1, -0.05) is 106 Å². The number of nitrogens with zero attached hydrogens (tertiary/aromatic N) is 2. The van der Waals surface area contributed by atoms with E-state index in [1.54, 1.807) is 12.1 Å². The van der Waals surface area contributed by atoms with Gasteiger partial charge in [0.2, 0.25) is 0 Å². The molecule has 5 rings (SSSR count). The van der Waals surface area contributed by atoms with Crippen LogP contribution in [-0.2, 0) is 0 Å². The Kier molecular flexibility index (Phi) is 5.79. The van der Waals surface area contributed by atoms with Crippen molar-refractivity contribution in [2.24, 2.45) is 0 Å². The lowest BCUT2D eigenvalue weighted by Crippen LogP contribution is -2.10. The first-order chi connectivity index (χ1) is 18.7. The molecule has 1 aromatic heterocycles. The van der Waals surface area contributed by atoms with Gasteiger partial charge in [-0.3, -0.25) is 4.57 Å². The normalized spacial score (nSPS) is 14.7. The smallest absolute Gasteiger partial charge is 0.145 e. The topological polar surface area (TPSA) is 17.8 Å². The first kappa shape index (κ1) is 20.5. The molecule has 2 unspecified atom stereocenters. The molecule has 2 nitrogen and oxygen atoms in total. The molecule has 36 heavy (non-hydrogen) atoms. The second kappa shape index (κ2) is 10.1. The summed E-state index contributed by atoms with van der Waals surface area (Å²) in [6, 6.07) is 30.7. The summed E-state index contributed by atoms with van der Waals surface area (Å²) >= 11 is 0. The monoisotopic (exact) mass is 475 g/mol. The van der Waals surface area contributed by atoms with E-state index in [-0.39, 0.29) is 0 Å². The fraction of sp³-hybridized carbons (Fsp3) is 0.265. The van der Waals surface area contributed by atoms with Gasteiger partial charge in [0.15, 0.2) is 0 Å². The molecule has 5 aromatic rings. The molecule has 0 N–H and O–H groups in total. The van der Waals surface area contributed by atoms with Gasteiger partial charge in [0.25, 0.3) is 0 Å². The van der Waals surface area contributed by atoms with Gasteiger partial charge in [-0.2, -0.15) is 0 Å². The zero-order valence-corrected chi connectivity index (χ0v) is 21.6. The number of rotatable bonds is 7. The molecule has 0 fully saturated rings. The number of aromatic nitrogens is 2. The highest BCUT2D eigenvalue weighted by Gasteiger charge is 2.23. The summed E-state index contributed by atoms with van der Waals surface area (Å²) in [4.78, 5) is 5.18. The predicted molar refractivity (Wildman–Crippen MR) is 154 cm³/mol. The van der Waals surface area contributed by atoms with Crippen LogP contribution >= 0.6 is 0 Å². The highest BCUT2D eigenvalue weighted by molar-refractivity contribution is 5.85. The van der Waals surface area contributed by atoms with Crippen LogP contribution in [0.2, 0.25) is 0 Å². The summed E-state index contributed by atoms with van der Waals surface area (Å²) < 4.78 is 25.5. The molecule has 1 heterocycles. The Morgan fingerprint density at radius 2 is 1.36 bits per heavy atom. The highest BCUT2D eigenvalue weighted by Crippen LogP contribution is 2.39. The Morgan fingerprint density at radius 3 is 2.03 bits per heavy atom. The van der Waals surface area contributed by atoms with Gasteiger partial charge in [-0.25, -0.2) is 4.98 Å². The Labute approximate surface area is 219 Å². The number of imidazole rings is 1. The molecule has 2 atom stereocenters. The van der Waals surface area contributed by atoms with Crippen molar-refractivity contribution in [2.75, 3.05) is 0 Å². The van der Waals surface area contributed by atoms with Gasteiger partial charge < -0.3 is 0 Å². The predicted octanol–water partition coefficient (Wildman–Crippen LogP) is 9.69. The molecule has 0 aliphatic rings. The van der Waals surface area contributed by atoms with Gasteiger partial charge >= 0.3 is 0 Å². The zero-order valence-electron chi connectivity index (χ0n) is 24.6. The van der Waals surface area contributed by atoms with Crippen molar-refractivity contribution in [2.45, 2.75) is 59.2 Å². The van der Waals surface area contributed by atoms with Crippen LogP contribution < -0.4 is 0 Å². The lowest BCUT2D eigenvalue weighted by molar-refractivity contribution is 0.701. The average molecular weight is 476 g/mol. The number of hydrogen-bond acceptors (Lipinski definition) is 1. The van der Waals surface area contributed by atoms with Crippen molar-refractivity contribution in [1.29, 1.82) is 0 Å². The lowest BCUT2D eigenvalue weighted by Gasteiger charge is -2.24. The van der Waals surface area contributed by atoms with Crippen LogP contribution in [-0.4, -0.2) is 9.55 Å². The third-order valence-electron chi connectivity index (χ3n) is 7.51. The number of fused-ring (bicyclic) bond motifs is 1. The van der Waals surface area contributed by atoms with E-state index >= 15 is 0 Å². The molecule has 182 valence electrons. The van der Waals surface area contributed by atoms with Crippen LogP contribution in [0.5, 0.6) is 0 Å². The average Bonchev–Trinajstić information content (AvgIpc) is 3.35. The van der Waals surface area contributed by atoms with E-state index in [2.05, 4.69) is 92.9 Å². The minimum Gasteiger partial charge on any atom is -0.292 e. The molecule has 0 radical (unpaired) electrons. The minimum atomic E-state index is -2.11. The van der Waals surface area contributed by atoms with Gasteiger partial charge in [0.05, 0.1) is 16.7 Å². The van der Waals surface area contributed by atoms with E-state index in [1.165, 1.54) is 16.8 Å². The highest BCUT2D eigenvalue weighted by atomic mass is 15.1. The summed E-state index contributed by atoms with van der Waals surface area (Å²) in [5.41, 5.74) is 9.38. The summed E-state index contributed by atoms with van der Waals surface area (Å²) in [6.07, 6.45) is 2.11. The van der Waals surface area contributed by atoms with E-state index in [4.69, 9.17) is 9.10 Å². The van der Waals surface area contributed by atoms with Gasteiger partial charge in [-0.15, -0.1) is 0 Å². The van der Waals surface area contributed by atoms with Crippen LogP contribution in [0.15, 0.2) is 91.0 Å². The maximum atomic E-state index is 7.70. The van der Waals surface area contributed by atoms with Crippen LogP contribution in [0.25, 0.3) is 39.2 Å². The molecule has 0 aliphatic carbocycles. The summed E-state index contributed by atoms with van der Waals surface area (Å²) in [6.45, 7) is 7.00. The number of hydrogen-bond donors (Lipinski definition) is 0. The largest absolute Gasteiger partial charge is 0.292 e. The third kappa shape index (κ3) is 4.37. The SMILES string of the molecule is [2H]C([2H])([2H])c1ccc(-c2cccc(-c3nc4ccccc4n3-c3c(C(C)CC)cccc3C(C)CC)c2)cc1. The molecule has 4 aromatic carbocycles. The van der Waals surface area contributed by atoms with E-state index in [0.29, 0.717) is 17.4 Å². The Bertz CT molecular complexity index is 1570. The van der Waals surface area contributed by atoms with Crippen LogP contribution in [0.3, 0.4) is 0 Å². The molecule has 0 saturated carbocycles. The Hall–Kier alpha value is -3.65. The van der Waals surface area contributed by atoms with Crippen molar-refractivity contribution in [3.05, 3.63) is 108 Å². The first-order valence-electron chi connectivity index (χ1n) is 14.5. The standard InChI is InChI=1S/C34H36N2/c1-6-24(4)29-14-11-15-30(25(5)7-2)33(29)36-32-17-9-8-16-31(32)35-34(36)28-13-10-12-27(22-28)26-20-18-23(3)19-21-26/h8-22,24-25H,6-7H2,1-5H3/i3D3. The van der Waals surface area contributed by atoms with E-state index < -0.39 is 6.85 Å². The van der Waals surface area contributed by atoms with Gasteiger partial charge in [0, 0.05) is 9.68 Å². The Balaban J connectivity index is 1.74. The Morgan fingerprint density at radius 1 is 0.722 bits per heavy atom. The number of benzene rings is 4. The molecule has 0 bridgehead atoms. The third-order valence-corrected chi connectivity index (χ3v) is 7.51. The van der Waals surface area contributed by atoms with Crippen LogP contribution in [0.1, 0.15) is 73.2 Å². The van der Waals surface area contributed by atoms with Crippen LogP contribution in [0, 0.1) is 6.85 Å². The molecule has 0 amide bonds. The summed E-state index contributed by atoms with van der Waals surface area (Å²) in [7, 11) is 0. The van der Waals surface area contributed by atoms with Crippen molar-refractivity contribution in [3.8, 4) is 28.2 Å². The second-order valence-electron chi connectivity index (χ2n) is 9.82. The molecular weight excluding hydrogens is 436 g/mol. The van der Waals surface area contributed by atoms with E-state index in [9.17, 15) is 0 Å². The van der Waals surface area contributed by atoms with Crippen molar-refractivity contribution >= 4 is 11.0 Å². The van der Waals surface area contributed by atoms with Crippen molar-refractivity contribution in [3.63, 3.8) is 0 Å². The van der Waals surface area contributed by atoms with Crippen LogP contribution in [0.4, 0.5) is 0 Å². The van der Waals surface area contributed by atoms with Gasteiger partial charge in [-0.05, 0) is 72.0 Å². The summed E-state index contributed by atoms with van der Waals surface area (Å²) in [5.74, 6) is 1.72. The molecule has 2 heteroatoms. The lowest BCUT2D eigenvalue weighted by atomic mass is 9.88. The van der Waals surface area contributed by atoms with Gasteiger partial charge in [0.1, 0.15) is 5.82 Å². The first-order valence-corrected chi connectivity index (χ1v) is 13.0. The fourth-order valence-electron chi connectivity index (χ4n) is 5.02. The zero-order chi connectivity index (χ0) is 27.7. The molecule has 0 saturated heterocycles. The fourth-order valence-corrected chi connectivity index (χ4v) is 5.02. The quantitative estimate of drug-likeness (QED) is 0.229.